The Labute approximate surface area is 245 Å². The summed E-state index contributed by atoms with van der Waals surface area (Å²) < 4.78 is 0.640. The van der Waals surface area contributed by atoms with E-state index in [2.05, 4.69) is 113 Å². The van der Waals surface area contributed by atoms with E-state index in [1.807, 2.05) is 0 Å². The van der Waals surface area contributed by atoms with Crippen molar-refractivity contribution in [3.8, 4) is 11.1 Å². The summed E-state index contributed by atoms with van der Waals surface area (Å²) in [5.74, 6) is 0. The van der Waals surface area contributed by atoms with Gasteiger partial charge in [-0.15, -0.1) is 0 Å². The quantitative estimate of drug-likeness (QED) is 0.464. The Morgan fingerprint density at radius 3 is 2.25 bits per heavy atom. The predicted octanol–water partition coefficient (Wildman–Crippen LogP) is 2.44. The van der Waals surface area contributed by atoms with Gasteiger partial charge < -0.3 is 24.8 Å². The van der Waals surface area contributed by atoms with Gasteiger partial charge in [0.2, 0.25) is 0 Å². The van der Waals surface area contributed by atoms with E-state index in [9.17, 15) is 0 Å². The molecule has 0 saturated carbocycles. The van der Waals surface area contributed by atoms with Crippen molar-refractivity contribution in [2.24, 2.45) is 4.99 Å². The van der Waals surface area contributed by atoms with Crippen LogP contribution < -0.4 is 24.8 Å². The molecule has 1 atom stereocenters. The Bertz CT molecular complexity index is 1350. The van der Waals surface area contributed by atoms with Gasteiger partial charge >= 0.3 is 143 Å². The van der Waals surface area contributed by atoms with Crippen molar-refractivity contribution >= 4 is 19.9 Å². The summed E-state index contributed by atoms with van der Waals surface area (Å²) in [5, 5.41) is 3.27. The van der Waals surface area contributed by atoms with Crippen molar-refractivity contribution < 1.29 is 49.5 Å². The van der Waals surface area contributed by atoms with E-state index < -0.39 is 8.07 Å². The average molecular weight is 611 g/mol. The molecule has 0 saturated heterocycles. The zero-order valence-electron chi connectivity index (χ0n) is 22.3. The first kappa shape index (κ1) is 29.3. The second kappa shape index (κ2) is 10.5. The van der Waals surface area contributed by atoms with E-state index in [1.54, 1.807) is 35.1 Å². The molecule has 0 spiro atoms. The van der Waals surface area contributed by atoms with Crippen LogP contribution in [0.5, 0.6) is 0 Å². The number of hydrogen-bond acceptors (Lipinski definition) is 1. The van der Waals surface area contributed by atoms with Gasteiger partial charge in [-0.2, -0.15) is 0 Å². The van der Waals surface area contributed by atoms with E-state index in [4.69, 9.17) is 0 Å². The minimum atomic E-state index is -1.19. The number of rotatable bonds is 2. The molecule has 2 aromatic carbocycles. The minimum absolute atomic E-state index is 0. The molecular formula is C31H34Cl2NSiZr. The topological polar surface area (TPSA) is 12.4 Å². The van der Waals surface area contributed by atoms with Crippen LogP contribution in [0.3, 0.4) is 0 Å². The van der Waals surface area contributed by atoms with Crippen LogP contribution in [0.1, 0.15) is 61.4 Å². The maximum Gasteiger partial charge on any atom is 0.116 e. The van der Waals surface area contributed by atoms with E-state index in [1.165, 1.54) is 50.4 Å². The maximum absolute atomic E-state index is 4.67. The summed E-state index contributed by atoms with van der Waals surface area (Å²) in [5.41, 5.74) is 12.9. The zero-order chi connectivity index (χ0) is 24.4. The van der Waals surface area contributed by atoms with E-state index >= 15 is 0 Å². The van der Waals surface area contributed by atoms with Gasteiger partial charge in [0, 0.05) is 11.3 Å². The van der Waals surface area contributed by atoms with Gasteiger partial charge in [0.05, 0.1) is 5.70 Å². The van der Waals surface area contributed by atoms with Crippen molar-refractivity contribution in [2.45, 2.75) is 63.2 Å². The Morgan fingerprint density at radius 1 is 0.972 bits per heavy atom. The van der Waals surface area contributed by atoms with E-state index in [0.717, 1.165) is 6.42 Å². The molecular weight excluding hydrogens is 577 g/mol. The third-order valence-corrected chi connectivity index (χ3v) is 13.1. The van der Waals surface area contributed by atoms with Crippen LogP contribution >= 0.6 is 0 Å². The van der Waals surface area contributed by atoms with Crippen LogP contribution in [-0.2, 0) is 30.1 Å². The smallest absolute Gasteiger partial charge is 0.116 e. The Kier molecular flexibility index (Phi) is 8.54. The molecule has 0 aromatic heterocycles. The third-order valence-electron chi connectivity index (χ3n) is 7.70. The molecule has 5 heteroatoms. The first-order valence-corrected chi connectivity index (χ1v) is 16.8. The molecule has 2 heterocycles. The summed E-state index contributed by atoms with van der Waals surface area (Å²) >= 11 is 1.58. The fourth-order valence-electron chi connectivity index (χ4n) is 5.64. The molecule has 0 radical (unpaired) electrons. The van der Waals surface area contributed by atoms with Crippen molar-refractivity contribution in [1.29, 1.82) is 0 Å². The second-order valence-corrected chi connectivity index (χ2v) is 17.1. The zero-order valence-corrected chi connectivity index (χ0v) is 27.2. The number of hydrogen-bond donors (Lipinski definition) is 0. The van der Waals surface area contributed by atoms with Gasteiger partial charge in [-0.3, -0.25) is 4.99 Å². The second-order valence-electron chi connectivity index (χ2n) is 11.4. The number of benzene rings is 2. The fraction of sp³-hybridized carbons (Fsp3) is 0.323. The van der Waals surface area contributed by atoms with Gasteiger partial charge in [-0.1, -0.05) is 26.1 Å². The molecule has 1 unspecified atom stereocenters. The van der Waals surface area contributed by atoms with Crippen LogP contribution in [0.15, 0.2) is 86.8 Å². The Hall–Kier alpha value is -1.25. The predicted molar refractivity (Wildman–Crippen MR) is 145 cm³/mol. The van der Waals surface area contributed by atoms with Crippen LogP contribution in [0.4, 0.5) is 0 Å². The summed E-state index contributed by atoms with van der Waals surface area (Å²) in [6.45, 7) is 16.1. The summed E-state index contributed by atoms with van der Waals surface area (Å²) in [6, 6.07) is 15.8. The molecule has 36 heavy (non-hydrogen) atoms. The monoisotopic (exact) mass is 608 g/mol. The normalized spacial score (nSPS) is 19.9. The van der Waals surface area contributed by atoms with Crippen molar-refractivity contribution in [2.75, 3.05) is 0 Å². The summed E-state index contributed by atoms with van der Waals surface area (Å²) in [7, 11) is -1.19. The molecule has 0 N–H and O–H groups in total. The number of fused-ring (bicyclic) bond motifs is 1. The summed E-state index contributed by atoms with van der Waals surface area (Å²) in [6.07, 6.45) is 7.95. The number of nitrogens with zero attached hydrogens (tertiary/aromatic N) is 1. The van der Waals surface area contributed by atoms with Crippen molar-refractivity contribution in [3.05, 3.63) is 98.5 Å². The Balaban J connectivity index is 0.000000208. The molecule has 4 aliphatic rings. The van der Waals surface area contributed by atoms with Gasteiger partial charge in [-0.05, 0) is 22.9 Å². The largest absolute Gasteiger partial charge is 1.00 e. The first-order chi connectivity index (χ1) is 16.0. The van der Waals surface area contributed by atoms with Gasteiger partial charge in [-0.25, -0.2) is 0 Å². The molecule has 0 amide bonds. The molecule has 0 fully saturated rings. The molecule has 185 valence electrons. The first-order valence-electron chi connectivity index (χ1n) is 12.4. The third kappa shape index (κ3) is 4.71. The van der Waals surface area contributed by atoms with Crippen LogP contribution in [0.2, 0.25) is 13.1 Å². The molecule has 2 aliphatic heterocycles. The SMILES string of the molecule is CC1=Cc2c(-c3ccc(C(C)(C)C)cc3)cccc2[CH]1[Zr+2].CCC1=NC2=CC=C3C2=C1[Si]3(C)C.[Cl-].[Cl-]. The average Bonchev–Trinajstić information content (AvgIpc) is 3.42. The van der Waals surface area contributed by atoms with E-state index in [0.29, 0.717) is 3.63 Å². The minimum Gasteiger partial charge on any atom is -1.00 e. The van der Waals surface area contributed by atoms with Crippen molar-refractivity contribution in [1.82, 2.24) is 0 Å². The van der Waals surface area contributed by atoms with Gasteiger partial charge in [0.15, 0.2) is 0 Å². The van der Waals surface area contributed by atoms with Gasteiger partial charge in [0.1, 0.15) is 8.07 Å². The number of aliphatic imine (C=N–C) groups is 1. The molecule has 0 bridgehead atoms. The van der Waals surface area contributed by atoms with Crippen LogP contribution in [-0.4, -0.2) is 13.8 Å². The van der Waals surface area contributed by atoms with E-state index in [-0.39, 0.29) is 30.2 Å². The Morgan fingerprint density at radius 2 is 1.64 bits per heavy atom. The number of allylic oxidation sites excluding steroid dienone is 5. The summed E-state index contributed by atoms with van der Waals surface area (Å²) in [4.78, 5) is 4.67. The molecule has 2 aromatic rings. The molecule has 6 rings (SSSR count). The number of halogens is 2. The van der Waals surface area contributed by atoms with Gasteiger partial charge in [0.25, 0.3) is 0 Å². The van der Waals surface area contributed by atoms with Crippen LogP contribution in [0, 0.1) is 0 Å². The maximum atomic E-state index is 4.67. The van der Waals surface area contributed by atoms with Crippen molar-refractivity contribution in [3.63, 3.8) is 0 Å². The fourth-order valence-corrected chi connectivity index (χ4v) is 9.77. The molecule has 2 aliphatic carbocycles. The standard InChI is InChI=1S/C20H21.C11H13NSi.2ClH.Zr/c1-14-12-16-6-5-7-18(19(16)13-14)15-8-10-17(11-9-15)20(2,3)4;1-4-7-11-10-8(12-7)5-6-9(10)13(11,2)3;;;/h5-13H,1-4H3;5-6H,4H2,1-3H3;2*1H;/q;;;;+2/p-2. The molecule has 1 nitrogen and oxygen atoms in total. The van der Waals surface area contributed by atoms with Crippen LogP contribution in [0.25, 0.3) is 17.2 Å².